The fraction of sp³-hybridized carbons (Fsp3) is 0.182. The van der Waals surface area contributed by atoms with Gasteiger partial charge in [-0.15, -0.1) is 0 Å². The summed E-state index contributed by atoms with van der Waals surface area (Å²) in [4.78, 5) is 3.89. The van der Waals surface area contributed by atoms with E-state index >= 15 is 0 Å². The van der Waals surface area contributed by atoms with Gasteiger partial charge in [0, 0.05) is 12.3 Å². The number of halogens is 3. The molecule has 0 spiro atoms. The first-order chi connectivity index (χ1) is 7.48. The lowest BCUT2D eigenvalue weighted by Crippen LogP contribution is -2.09. The number of benzene rings is 1. The Morgan fingerprint density at radius 2 is 2.12 bits per heavy atom. The SMILES string of the molecule is Cc1cn(-c2[c]cccc2C(F)(F)F)cn1. The summed E-state index contributed by atoms with van der Waals surface area (Å²) in [5, 5.41) is 0. The van der Waals surface area contributed by atoms with Crippen LogP contribution in [0.3, 0.4) is 0 Å². The van der Waals surface area contributed by atoms with Crippen LogP contribution >= 0.6 is 0 Å². The Kier molecular flexibility index (Phi) is 2.46. The average molecular weight is 225 g/mol. The van der Waals surface area contributed by atoms with E-state index in [2.05, 4.69) is 11.1 Å². The van der Waals surface area contributed by atoms with Crippen molar-refractivity contribution in [3.05, 3.63) is 48.0 Å². The van der Waals surface area contributed by atoms with Crippen LogP contribution in [0.1, 0.15) is 11.3 Å². The number of nitrogens with zero attached hydrogens (tertiary/aromatic N) is 2. The molecule has 0 aliphatic carbocycles. The first-order valence-corrected chi connectivity index (χ1v) is 4.57. The van der Waals surface area contributed by atoms with Crippen LogP contribution in [0, 0.1) is 13.0 Å². The molecule has 0 aliphatic heterocycles. The molecule has 2 rings (SSSR count). The first-order valence-electron chi connectivity index (χ1n) is 4.57. The van der Waals surface area contributed by atoms with Gasteiger partial charge in [-0.1, -0.05) is 12.1 Å². The van der Waals surface area contributed by atoms with Crippen LogP contribution in [0.25, 0.3) is 5.69 Å². The van der Waals surface area contributed by atoms with Crippen molar-refractivity contribution in [2.45, 2.75) is 13.1 Å². The Morgan fingerprint density at radius 1 is 1.38 bits per heavy atom. The summed E-state index contributed by atoms with van der Waals surface area (Å²) in [6.07, 6.45) is -1.51. The molecule has 1 aromatic heterocycles. The molecule has 0 bridgehead atoms. The topological polar surface area (TPSA) is 17.8 Å². The van der Waals surface area contributed by atoms with E-state index in [0.29, 0.717) is 5.69 Å². The average Bonchev–Trinajstić information content (AvgIpc) is 2.64. The number of hydrogen-bond donors (Lipinski definition) is 0. The summed E-state index contributed by atoms with van der Waals surface area (Å²) >= 11 is 0. The number of imidazole rings is 1. The molecular weight excluding hydrogens is 217 g/mol. The van der Waals surface area contributed by atoms with Crippen molar-refractivity contribution in [1.82, 2.24) is 9.55 Å². The molecule has 0 fully saturated rings. The van der Waals surface area contributed by atoms with Gasteiger partial charge in [0.1, 0.15) is 0 Å². The predicted molar refractivity (Wildman–Crippen MR) is 52.1 cm³/mol. The number of aryl methyl sites for hydroxylation is 1. The normalized spacial score (nSPS) is 11.8. The zero-order valence-electron chi connectivity index (χ0n) is 8.42. The largest absolute Gasteiger partial charge is 0.418 e. The molecule has 1 radical (unpaired) electrons. The molecule has 0 atom stereocenters. The molecule has 16 heavy (non-hydrogen) atoms. The Hall–Kier alpha value is -1.78. The van der Waals surface area contributed by atoms with E-state index < -0.39 is 11.7 Å². The van der Waals surface area contributed by atoms with Crippen LogP contribution < -0.4 is 0 Å². The van der Waals surface area contributed by atoms with E-state index in [4.69, 9.17) is 0 Å². The number of hydrogen-bond acceptors (Lipinski definition) is 1. The minimum Gasteiger partial charge on any atom is -0.305 e. The van der Waals surface area contributed by atoms with Crippen LogP contribution in [-0.4, -0.2) is 9.55 Å². The Morgan fingerprint density at radius 3 is 2.69 bits per heavy atom. The third-order valence-electron chi connectivity index (χ3n) is 2.11. The van der Waals surface area contributed by atoms with Gasteiger partial charge >= 0.3 is 6.18 Å². The van der Waals surface area contributed by atoms with Crippen molar-refractivity contribution in [2.75, 3.05) is 0 Å². The van der Waals surface area contributed by atoms with Crippen LogP contribution in [0.2, 0.25) is 0 Å². The summed E-state index contributed by atoms with van der Waals surface area (Å²) in [5.74, 6) is 0. The second kappa shape index (κ2) is 3.66. The zero-order chi connectivity index (χ0) is 11.8. The summed E-state index contributed by atoms with van der Waals surface area (Å²) in [5.41, 5.74) is -0.0895. The highest BCUT2D eigenvalue weighted by molar-refractivity contribution is 5.42. The monoisotopic (exact) mass is 225 g/mol. The van der Waals surface area contributed by atoms with E-state index in [1.54, 1.807) is 6.92 Å². The van der Waals surface area contributed by atoms with E-state index in [-0.39, 0.29) is 5.69 Å². The molecule has 0 N–H and O–H groups in total. The minimum absolute atomic E-state index is 0.0319. The highest BCUT2D eigenvalue weighted by Gasteiger charge is 2.33. The van der Waals surface area contributed by atoms with Gasteiger partial charge in [-0.25, -0.2) is 4.98 Å². The van der Waals surface area contributed by atoms with E-state index in [9.17, 15) is 13.2 Å². The van der Waals surface area contributed by atoms with Gasteiger partial charge in [0.25, 0.3) is 0 Å². The number of alkyl halides is 3. The van der Waals surface area contributed by atoms with Crippen molar-refractivity contribution in [1.29, 1.82) is 0 Å². The molecule has 0 amide bonds. The van der Waals surface area contributed by atoms with Crippen LogP contribution in [0.5, 0.6) is 0 Å². The molecule has 0 saturated heterocycles. The second-order valence-corrected chi connectivity index (χ2v) is 3.35. The van der Waals surface area contributed by atoms with Crippen molar-refractivity contribution in [3.8, 4) is 5.69 Å². The molecule has 2 aromatic rings. The van der Waals surface area contributed by atoms with E-state index in [1.165, 1.54) is 29.2 Å². The predicted octanol–water partition coefficient (Wildman–Crippen LogP) is 3.00. The minimum atomic E-state index is -4.38. The summed E-state index contributed by atoms with van der Waals surface area (Å²) in [6.45, 7) is 1.71. The Balaban J connectivity index is 2.57. The van der Waals surface area contributed by atoms with Gasteiger partial charge in [0.2, 0.25) is 0 Å². The standard InChI is InChI=1S/C11H8F3N2/c1-8-6-16(7-15-8)10-5-3-2-4-9(10)11(12,13)14/h2-4,6-7H,1H3. The van der Waals surface area contributed by atoms with Gasteiger partial charge in [-0.3, -0.25) is 0 Å². The molecule has 1 aromatic carbocycles. The number of para-hydroxylation sites is 1. The highest BCUT2D eigenvalue weighted by Crippen LogP contribution is 2.33. The molecule has 5 heteroatoms. The summed E-state index contributed by atoms with van der Waals surface area (Å²) in [7, 11) is 0. The molecule has 0 unspecified atom stereocenters. The third-order valence-corrected chi connectivity index (χ3v) is 2.11. The third kappa shape index (κ3) is 1.93. The van der Waals surface area contributed by atoms with Gasteiger partial charge in [-0.05, 0) is 13.0 Å². The number of rotatable bonds is 1. The first kappa shape index (κ1) is 10.7. The lowest BCUT2D eigenvalue weighted by atomic mass is 10.1. The molecule has 83 valence electrons. The van der Waals surface area contributed by atoms with Gasteiger partial charge in [0.15, 0.2) is 0 Å². The fourth-order valence-corrected chi connectivity index (χ4v) is 1.41. The van der Waals surface area contributed by atoms with Gasteiger partial charge in [-0.2, -0.15) is 13.2 Å². The molecule has 0 aliphatic rings. The Bertz CT molecular complexity index is 500. The highest BCUT2D eigenvalue weighted by atomic mass is 19.4. The lowest BCUT2D eigenvalue weighted by Gasteiger charge is -2.12. The maximum Gasteiger partial charge on any atom is 0.418 e. The smallest absolute Gasteiger partial charge is 0.305 e. The molecular formula is C11H8F3N2. The Labute approximate surface area is 90.4 Å². The van der Waals surface area contributed by atoms with E-state index in [1.807, 2.05) is 0 Å². The van der Waals surface area contributed by atoms with Crippen LogP contribution in [0.15, 0.2) is 30.7 Å². The van der Waals surface area contributed by atoms with Crippen LogP contribution in [0.4, 0.5) is 13.2 Å². The second-order valence-electron chi connectivity index (χ2n) is 3.35. The quantitative estimate of drug-likeness (QED) is 0.729. The van der Waals surface area contributed by atoms with Crippen molar-refractivity contribution >= 4 is 0 Å². The van der Waals surface area contributed by atoms with Gasteiger partial charge in [0.05, 0.1) is 23.3 Å². The fourth-order valence-electron chi connectivity index (χ4n) is 1.41. The van der Waals surface area contributed by atoms with Crippen LogP contribution in [-0.2, 0) is 6.18 Å². The summed E-state index contributed by atoms with van der Waals surface area (Å²) < 4.78 is 39.4. The zero-order valence-corrected chi connectivity index (χ0v) is 8.42. The maximum absolute atomic E-state index is 12.7. The molecule has 0 saturated carbocycles. The van der Waals surface area contributed by atoms with Gasteiger partial charge < -0.3 is 4.57 Å². The van der Waals surface area contributed by atoms with Crippen molar-refractivity contribution in [3.63, 3.8) is 0 Å². The van der Waals surface area contributed by atoms with Crippen molar-refractivity contribution in [2.24, 2.45) is 0 Å². The van der Waals surface area contributed by atoms with E-state index in [0.717, 1.165) is 6.07 Å². The summed E-state index contributed by atoms with van der Waals surface area (Å²) in [6, 6.07) is 6.37. The lowest BCUT2D eigenvalue weighted by molar-refractivity contribution is -0.137. The molecule has 1 heterocycles. The van der Waals surface area contributed by atoms with Crippen molar-refractivity contribution < 1.29 is 13.2 Å². The molecule has 2 nitrogen and oxygen atoms in total. The number of aromatic nitrogens is 2. The maximum atomic E-state index is 12.7.